The van der Waals surface area contributed by atoms with Crippen molar-refractivity contribution in [2.45, 2.75) is 13.0 Å². The van der Waals surface area contributed by atoms with E-state index in [4.69, 9.17) is 15.6 Å². The van der Waals surface area contributed by atoms with E-state index in [1.165, 1.54) is 34.2 Å². The normalized spacial score (nSPS) is 13.5. The predicted molar refractivity (Wildman–Crippen MR) is 103 cm³/mol. The molecule has 1 amide bonds. The Morgan fingerprint density at radius 1 is 1.33 bits per heavy atom. The van der Waals surface area contributed by atoms with Crippen molar-refractivity contribution in [3.63, 3.8) is 0 Å². The van der Waals surface area contributed by atoms with Crippen LogP contribution in [0.2, 0.25) is 0 Å². The molecule has 0 bridgehead atoms. The topological polar surface area (TPSA) is 136 Å². The molecule has 3 N–H and O–H groups in total. The number of hydrogen-bond donors (Lipinski definition) is 2. The number of carboxylic acids is 1. The molecule has 4 rings (SSSR count). The van der Waals surface area contributed by atoms with Crippen LogP contribution in [-0.2, 0) is 11.3 Å². The van der Waals surface area contributed by atoms with Crippen LogP contribution in [0.4, 0.5) is 15.9 Å². The summed E-state index contributed by atoms with van der Waals surface area (Å²) >= 11 is 0. The SMILES string of the molecule is Nc1ncnc2c1C(=O)N(c1ccc(-c3cnn(CCC(=O)O)c3)c(F)c1)CCO2. The van der Waals surface area contributed by atoms with Crippen LogP contribution in [0.5, 0.6) is 5.88 Å². The van der Waals surface area contributed by atoms with Crippen molar-refractivity contribution in [3.8, 4) is 17.0 Å². The van der Waals surface area contributed by atoms with Crippen molar-refractivity contribution in [3.05, 3.63) is 48.3 Å². The molecule has 2 aromatic heterocycles. The highest BCUT2D eigenvalue weighted by Gasteiger charge is 2.29. The molecule has 1 aliphatic heterocycles. The summed E-state index contributed by atoms with van der Waals surface area (Å²) in [7, 11) is 0. The number of nitrogens with two attached hydrogens (primary N) is 1. The number of hydrogen-bond acceptors (Lipinski definition) is 7. The molecule has 0 spiro atoms. The van der Waals surface area contributed by atoms with E-state index in [2.05, 4.69) is 15.1 Å². The van der Waals surface area contributed by atoms with Crippen LogP contribution in [-0.4, -0.2) is 49.9 Å². The van der Waals surface area contributed by atoms with E-state index >= 15 is 0 Å². The van der Waals surface area contributed by atoms with Gasteiger partial charge in [-0.25, -0.2) is 14.4 Å². The number of carbonyl (C=O) groups is 2. The number of amides is 1. The number of rotatable bonds is 5. The molecular formula is C19H17FN6O4. The zero-order valence-electron chi connectivity index (χ0n) is 15.7. The molecule has 0 saturated heterocycles. The Kier molecular flexibility index (Phi) is 5.00. The first-order valence-electron chi connectivity index (χ1n) is 9.03. The van der Waals surface area contributed by atoms with Gasteiger partial charge >= 0.3 is 5.97 Å². The van der Waals surface area contributed by atoms with Crippen LogP contribution < -0.4 is 15.4 Å². The van der Waals surface area contributed by atoms with Crippen LogP contribution in [0.1, 0.15) is 16.8 Å². The second-order valence-corrected chi connectivity index (χ2v) is 6.54. The third kappa shape index (κ3) is 3.64. The first-order chi connectivity index (χ1) is 14.4. The third-order valence-corrected chi connectivity index (χ3v) is 4.62. The molecule has 154 valence electrons. The van der Waals surface area contributed by atoms with Gasteiger partial charge in [-0.05, 0) is 18.2 Å². The van der Waals surface area contributed by atoms with Gasteiger partial charge < -0.3 is 20.5 Å². The maximum atomic E-state index is 14.9. The van der Waals surface area contributed by atoms with E-state index < -0.39 is 17.7 Å². The van der Waals surface area contributed by atoms with Crippen molar-refractivity contribution in [2.75, 3.05) is 23.8 Å². The summed E-state index contributed by atoms with van der Waals surface area (Å²) in [5.41, 5.74) is 6.97. The van der Waals surface area contributed by atoms with E-state index in [-0.39, 0.29) is 48.9 Å². The Bertz CT molecular complexity index is 1130. The van der Waals surface area contributed by atoms with Gasteiger partial charge in [0.1, 0.15) is 30.1 Å². The molecule has 0 aliphatic carbocycles. The monoisotopic (exact) mass is 412 g/mol. The molecule has 3 aromatic rings. The highest BCUT2D eigenvalue weighted by molar-refractivity contribution is 6.10. The van der Waals surface area contributed by atoms with Gasteiger partial charge in [0, 0.05) is 23.0 Å². The second-order valence-electron chi connectivity index (χ2n) is 6.54. The number of carbonyl (C=O) groups excluding carboxylic acids is 1. The Morgan fingerprint density at radius 3 is 2.93 bits per heavy atom. The number of aromatic nitrogens is 4. The summed E-state index contributed by atoms with van der Waals surface area (Å²) in [6, 6.07) is 4.39. The highest BCUT2D eigenvalue weighted by atomic mass is 19.1. The summed E-state index contributed by atoms with van der Waals surface area (Å²) in [4.78, 5) is 32.8. The number of anilines is 2. The Morgan fingerprint density at radius 2 is 2.17 bits per heavy atom. The number of carboxylic acid groups (broad SMARTS) is 1. The van der Waals surface area contributed by atoms with Crippen LogP contribution in [0.15, 0.2) is 36.9 Å². The number of aliphatic carboxylic acids is 1. The fourth-order valence-electron chi connectivity index (χ4n) is 3.15. The first-order valence-corrected chi connectivity index (χ1v) is 9.03. The largest absolute Gasteiger partial charge is 0.481 e. The molecule has 11 heteroatoms. The van der Waals surface area contributed by atoms with E-state index in [1.54, 1.807) is 12.3 Å². The van der Waals surface area contributed by atoms with Gasteiger partial charge in [-0.15, -0.1) is 0 Å². The number of aryl methyl sites for hydroxylation is 1. The smallest absolute Gasteiger partial charge is 0.305 e. The lowest BCUT2D eigenvalue weighted by Crippen LogP contribution is -2.32. The van der Waals surface area contributed by atoms with Crippen molar-refractivity contribution < 1.29 is 23.8 Å². The zero-order chi connectivity index (χ0) is 21.3. The summed E-state index contributed by atoms with van der Waals surface area (Å²) in [6.45, 7) is 0.523. The molecule has 3 heterocycles. The fraction of sp³-hybridized carbons (Fsp3) is 0.211. The minimum atomic E-state index is -0.943. The molecule has 10 nitrogen and oxygen atoms in total. The number of nitrogens with zero attached hydrogens (tertiary/aromatic N) is 5. The number of ether oxygens (including phenoxy) is 1. The van der Waals surface area contributed by atoms with Crippen LogP contribution in [0, 0.1) is 5.82 Å². The summed E-state index contributed by atoms with van der Waals surface area (Å²) in [5, 5.41) is 12.8. The van der Waals surface area contributed by atoms with E-state index in [0.717, 1.165) is 0 Å². The Labute approximate surface area is 169 Å². The summed E-state index contributed by atoms with van der Waals surface area (Å²) in [6.07, 6.45) is 4.15. The number of halogens is 1. The average Bonchev–Trinajstić information content (AvgIpc) is 3.11. The van der Waals surface area contributed by atoms with E-state index in [9.17, 15) is 14.0 Å². The Balaban J connectivity index is 1.61. The first kappa shape index (κ1) is 19.3. The lowest BCUT2D eigenvalue weighted by molar-refractivity contribution is -0.137. The molecule has 0 fully saturated rings. The van der Waals surface area contributed by atoms with Crippen molar-refractivity contribution in [1.29, 1.82) is 0 Å². The lowest BCUT2D eigenvalue weighted by atomic mass is 10.1. The zero-order valence-corrected chi connectivity index (χ0v) is 15.7. The number of benzene rings is 1. The summed E-state index contributed by atoms with van der Waals surface area (Å²) in [5.74, 6) is -1.89. The van der Waals surface area contributed by atoms with Crippen LogP contribution in [0.3, 0.4) is 0 Å². The molecule has 0 radical (unpaired) electrons. The van der Waals surface area contributed by atoms with Gasteiger partial charge in [0.25, 0.3) is 5.91 Å². The van der Waals surface area contributed by atoms with Gasteiger partial charge in [0.15, 0.2) is 0 Å². The molecule has 0 unspecified atom stereocenters. The van der Waals surface area contributed by atoms with Gasteiger partial charge in [0.05, 0.1) is 25.7 Å². The quantitative estimate of drug-likeness (QED) is 0.644. The molecule has 0 saturated carbocycles. The molecule has 1 aromatic carbocycles. The van der Waals surface area contributed by atoms with Gasteiger partial charge in [0.2, 0.25) is 5.88 Å². The highest BCUT2D eigenvalue weighted by Crippen LogP contribution is 2.30. The maximum absolute atomic E-state index is 14.9. The molecular weight excluding hydrogens is 395 g/mol. The molecule has 1 aliphatic rings. The number of nitrogen functional groups attached to an aromatic ring is 1. The second kappa shape index (κ2) is 7.78. The molecule has 0 atom stereocenters. The van der Waals surface area contributed by atoms with Crippen molar-refractivity contribution in [1.82, 2.24) is 19.7 Å². The van der Waals surface area contributed by atoms with Gasteiger partial charge in [-0.2, -0.15) is 5.10 Å². The van der Waals surface area contributed by atoms with Crippen molar-refractivity contribution >= 4 is 23.4 Å². The minimum Gasteiger partial charge on any atom is -0.481 e. The van der Waals surface area contributed by atoms with Gasteiger partial charge in [-0.1, -0.05) is 0 Å². The van der Waals surface area contributed by atoms with E-state index in [1.807, 2.05) is 0 Å². The van der Waals surface area contributed by atoms with Crippen LogP contribution in [0.25, 0.3) is 11.1 Å². The van der Waals surface area contributed by atoms with Crippen molar-refractivity contribution in [2.24, 2.45) is 0 Å². The standard InChI is InChI=1S/C19H17FN6O4/c20-14-7-12(1-2-13(14)11-8-24-25(9-11)4-3-15(27)28)26-5-6-30-18-16(19(26)29)17(21)22-10-23-18/h1-2,7-10H,3-6H2,(H,27,28)(H2,21,22,23). The Hall–Kier alpha value is -4.02. The lowest BCUT2D eigenvalue weighted by Gasteiger charge is -2.20. The fourth-order valence-corrected chi connectivity index (χ4v) is 3.15. The maximum Gasteiger partial charge on any atom is 0.305 e. The number of fused-ring (bicyclic) bond motifs is 1. The molecule has 30 heavy (non-hydrogen) atoms. The average molecular weight is 412 g/mol. The van der Waals surface area contributed by atoms with Gasteiger partial charge in [-0.3, -0.25) is 14.3 Å². The van der Waals surface area contributed by atoms with E-state index in [0.29, 0.717) is 11.3 Å². The minimum absolute atomic E-state index is 0.0113. The third-order valence-electron chi connectivity index (χ3n) is 4.62. The van der Waals surface area contributed by atoms with Crippen LogP contribution >= 0.6 is 0 Å². The predicted octanol–water partition coefficient (Wildman–Crippen LogP) is 1.58. The summed E-state index contributed by atoms with van der Waals surface area (Å²) < 4.78 is 21.8.